The normalized spacial score (nSPS) is 23.5. The predicted octanol–water partition coefficient (Wildman–Crippen LogP) is 2.56. The lowest BCUT2D eigenvalue weighted by Crippen LogP contribution is -2.53. The molecule has 0 aliphatic carbocycles. The van der Waals surface area contributed by atoms with Crippen molar-refractivity contribution in [1.29, 1.82) is 0 Å². The molecule has 1 atom stereocenters. The molecule has 1 aromatic rings. The van der Waals surface area contributed by atoms with Crippen LogP contribution in [0, 0.1) is 5.82 Å². The summed E-state index contributed by atoms with van der Waals surface area (Å²) >= 11 is 3.36. The van der Waals surface area contributed by atoms with E-state index in [2.05, 4.69) is 20.8 Å². The Bertz CT molecular complexity index is 453. The Morgan fingerprint density at radius 3 is 2.95 bits per heavy atom. The molecular formula is C14H19BrFNO2. The van der Waals surface area contributed by atoms with Crippen LogP contribution in [0.1, 0.15) is 19.4 Å². The van der Waals surface area contributed by atoms with E-state index in [1.165, 1.54) is 6.07 Å². The number of rotatable bonds is 3. The van der Waals surface area contributed by atoms with Crippen LogP contribution in [0.25, 0.3) is 0 Å². The lowest BCUT2D eigenvalue weighted by atomic mass is 10.0. The highest BCUT2D eigenvalue weighted by Gasteiger charge is 2.33. The summed E-state index contributed by atoms with van der Waals surface area (Å²) in [6, 6.07) is 4.96. The first-order valence-electron chi connectivity index (χ1n) is 6.34. The second-order valence-corrected chi connectivity index (χ2v) is 6.50. The maximum absolute atomic E-state index is 13.8. The highest BCUT2D eigenvalue weighted by atomic mass is 79.9. The van der Waals surface area contributed by atoms with Gasteiger partial charge in [-0.05, 0) is 32.0 Å². The Hall–Kier alpha value is -0.490. The molecule has 1 heterocycles. The fourth-order valence-corrected chi connectivity index (χ4v) is 2.95. The summed E-state index contributed by atoms with van der Waals surface area (Å²) in [5.41, 5.74) is 0.331. The van der Waals surface area contributed by atoms with Crippen LogP contribution in [0.3, 0.4) is 0 Å². The van der Waals surface area contributed by atoms with Crippen LogP contribution in [0.4, 0.5) is 4.39 Å². The zero-order chi connectivity index (χ0) is 14.0. The number of hydrogen-bond donors (Lipinski definition) is 1. The standard InChI is InChI=1S/C14H19BrFNO2/c1-14(2)9-17(7-12(8-18)19-14)6-10-5-11(15)3-4-13(10)16/h3-5,12,18H,6-9H2,1-2H3. The van der Waals surface area contributed by atoms with Crippen LogP contribution in [0.15, 0.2) is 22.7 Å². The molecule has 5 heteroatoms. The summed E-state index contributed by atoms with van der Waals surface area (Å²) in [5.74, 6) is -0.201. The van der Waals surface area contributed by atoms with Gasteiger partial charge < -0.3 is 9.84 Å². The summed E-state index contributed by atoms with van der Waals surface area (Å²) in [4.78, 5) is 2.12. The van der Waals surface area contributed by atoms with Gasteiger partial charge in [-0.2, -0.15) is 0 Å². The maximum Gasteiger partial charge on any atom is 0.127 e. The third kappa shape index (κ3) is 3.99. The minimum atomic E-state index is -0.325. The molecule has 1 aliphatic rings. The van der Waals surface area contributed by atoms with Crippen molar-refractivity contribution >= 4 is 15.9 Å². The molecule has 1 fully saturated rings. The Morgan fingerprint density at radius 1 is 1.53 bits per heavy atom. The summed E-state index contributed by atoms with van der Waals surface area (Å²) < 4.78 is 20.4. The van der Waals surface area contributed by atoms with Crippen LogP contribution < -0.4 is 0 Å². The zero-order valence-corrected chi connectivity index (χ0v) is 12.8. The van der Waals surface area contributed by atoms with E-state index in [1.807, 2.05) is 13.8 Å². The fraction of sp³-hybridized carbons (Fsp3) is 0.571. The number of morpholine rings is 1. The van der Waals surface area contributed by atoms with Gasteiger partial charge in [0.25, 0.3) is 0 Å². The quantitative estimate of drug-likeness (QED) is 0.923. The maximum atomic E-state index is 13.8. The molecule has 0 spiro atoms. The van der Waals surface area contributed by atoms with E-state index in [1.54, 1.807) is 12.1 Å². The topological polar surface area (TPSA) is 32.7 Å². The van der Waals surface area contributed by atoms with Gasteiger partial charge in [-0.3, -0.25) is 4.90 Å². The molecule has 106 valence electrons. The Morgan fingerprint density at radius 2 is 2.26 bits per heavy atom. The first-order chi connectivity index (χ1) is 8.89. The van der Waals surface area contributed by atoms with E-state index in [-0.39, 0.29) is 24.1 Å². The van der Waals surface area contributed by atoms with Crippen LogP contribution in [0.5, 0.6) is 0 Å². The minimum absolute atomic E-state index is 0.0130. The highest BCUT2D eigenvalue weighted by Crippen LogP contribution is 2.24. The van der Waals surface area contributed by atoms with Crippen LogP contribution >= 0.6 is 15.9 Å². The largest absolute Gasteiger partial charge is 0.394 e. The van der Waals surface area contributed by atoms with Crippen molar-refractivity contribution < 1.29 is 14.2 Å². The number of aliphatic hydroxyl groups excluding tert-OH is 1. The Labute approximate surface area is 121 Å². The molecule has 1 N–H and O–H groups in total. The van der Waals surface area contributed by atoms with Gasteiger partial charge in [0, 0.05) is 29.7 Å². The SMILES string of the molecule is CC1(C)CN(Cc2cc(Br)ccc2F)CC(CO)O1. The molecule has 2 rings (SSSR count). The van der Waals surface area contributed by atoms with E-state index in [9.17, 15) is 9.50 Å². The molecule has 0 saturated carbocycles. The monoisotopic (exact) mass is 331 g/mol. The summed E-state index contributed by atoms with van der Waals surface area (Å²) in [7, 11) is 0. The smallest absolute Gasteiger partial charge is 0.127 e. The van der Waals surface area contributed by atoms with Crippen molar-refractivity contribution in [2.24, 2.45) is 0 Å². The molecular weight excluding hydrogens is 313 g/mol. The number of benzene rings is 1. The number of hydrogen-bond acceptors (Lipinski definition) is 3. The molecule has 0 amide bonds. The van der Waals surface area contributed by atoms with Crippen molar-refractivity contribution in [3.05, 3.63) is 34.1 Å². The van der Waals surface area contributed by atoms with Crippen molar-refractivity contribution in [1.82, 2.24) is 4.90 Å². The van der Waals surface area contributed by atoms with Crippen molar-refractivity contribution in [3.63, 3.8) is 0 Å². The number of halogens is 2. The Kier molecular flexibility index (Phi) is 4.61. The average molecular weight is 332 g/mol. The average Bonchev–Trinajstić information content (AvgIpc) is 2.32. The van der Waals surface area contributed by atoms with Crippen LogP contribution in [0.2, 0.25) is 0 Å². The van der Waals surface area contributed by atoms with Gasteiger partial charge in [-0.15, -0.1) is 0 Å². The van der Waals surface area contributed by atoms with Gasteiger partial charge in [0.15, 0.2) is 0 Å². The lowest BCUT2D eigenvalue weighted by molar-refractivity contribution is -0.150. The van der Waals surface area contributed by atoms with Crippen molar-refractivity contribution in [3.8, 4) is 0 Å². The molecule has 0 aromatic heterocycles. The molecule has 1 unspecified atom stereocenters. The van der Waals surface area contributed by atoms with Crippen molar-refractivity contribution in [2.75, 3.05) is 19.7 Å². The first kappa shape index (κ1) is 14.9. The molecule has 1 saturated heterocycles. The van der Waals surface area contributed by atoms with Gasteiger partial charge in [0.1, 0.15) is 5.82 Å². The summed E-state index contributed by atoms with van der Waals surface area (Å²) in [6.45, 7) is 5.81. The van der Waals surface area contributed by atoms with Gasteiger partial charge >= 0.3 is 0 Å². The molecule has 1 aromatic carbocycles. The predicted molar refractivity (Wildman–Crippen MR) is 75.4 cm³/mol. The highest BCUT2D eigenvalue weighted by molar-refractivity contribution is 9.10. The van der Waals surface area contributed by atoms with E-state index >= 15 is 0 Å². The number of ether oxygens (including phenoxy) is 1. The molecule has 3 nitrogen and oxygen atoms in total. The van der Waals surface area contributed by atoms with E-state index in [4.69, 9.17) is 4.74 Å². The van der Waals surface area contributed by atoms with E-state index in [0.29, 0.717) is 18.7 Å². The second kappa shape index (κ2) is 5.87. The van der Waals surface area contributed by atoms with Gasteiger partial charge in [-0.25, -0.2) is 4.39 Å². The third-order valence-electron chi connectivity index (χ3n) is 3.16. The first-order valence-corrected chi connectivity index (χ1v) is 7.14. The lowest BCUT2D eigenvalue weighted by Gasteiger charge is -2.42. The Balaban J connectivity index is 2.11. The number of aliphatic hydroxyl groups is 1. The zero-order valence-electron chi connectivity index (χ0n) is 11.2. The van der Waals surface area contributed by atoms with Gasteiger partial charge in [-0.1, -0.05) is 15.9 Å². The molecule has 1 aliphatic heterocycles. The number of nitrogens with zero attached hydrogens (tertiary/aromatic N) is 1. The van der Waals surface area contributed by atoms with Crippen molar-refractivity contribution in [2.45, 2.75) is 32.1 Å². The molecule has 0 radical (unpaired) electrons. The van der Waals surface area contributed by atoms with E-state index in [0.717, 1.165) is 11.0 Å². The third-order valence-corrected chi connectivity index (χ3v) is 3.65. The fourth-order valence-electron chi connectivity index (χ4n) is 2.54. The van der Waals surface area contributed by atoms with Crippen LogP contribution in [-0.4, -0.2) is 41.4 Å². The second-order valence-electron chi connectivity index (χ2n) is 5.59. The summed E-state index contributed by atoms with van der Waals surface area (Å²) in [6.07, 6.45) is -0.209. The minimum Gasteiger partial charge on any atom is -0.394 e. The molecule has 0 bridgehead atoms. The van der Waals surface area contributed by atoms with Gasteiger partial charge in [0.2, 0.25) is 0 Å². The van der Waals surface area contributed by atoms with Crippen LogP contribution in [-0.2, 0) is 11.3 Å². The summed E-state index contributed by atoms with van der Waals surface area (Å²) in [5, 5.41) is 9.27. The molecule has 19 heavy (non-hydrogen) atoms. The van der Waals surface area contributed by atoms with Gasteiger partial charge in [0.05, 0.1) is 18.3 Å². The van der Waals surface area contributed by atoms with E-state index < -0.39 is 0 Å².